The lowest BCUT2D eigenvalue weighted by Gasteiger charge is -2.23. The molecule has 2 aromatic rings. The topological polar surface area (TPSA) is 79.5 Å². The van der Waals surface area contributed by atoms with Gasteiger partial charge >= 0.3 is 0 Å². The normalized spacial score (nSPS) is 13.9. The molecular formula is C26H32BrN3O3S. The van der Waals surface area contributed by atoms with Crippen molar-refractivity contribution in [1.82, 2.24) is 10.6 Å². The summed E-state index contributed by atoms with van der Waals surface area (Å²) < 4.78 is 6.48. The summed E-state index contributed by atoms with van der Waals surface area (Å²) in [7, 11) is 0. The number of anilines is 1. The average Bonchev–Trinajstić information content (AvgIpc) is 2.80. The van der Waals surface area contributed by atoms with Gasteiger partial charge in [-0.05, 0) is 83.7 Å². The van der Waals surface area contributed by atoms with E-state index < -0.39 is 0 Å². The highest BCUT2D eigenvalue weighted by Gasteiger charge is 2.19. The standard InChI is InChI=1S/C26H32BrN3O3S/c1-17(2)14-15-33-23-13-12-18(16-21(23)27)24(31)30-26(34)29-22-11-7-6-10-20(22)25(32)28-19-8-4-3-5-9-19/h6-7,10-13,16-17,19H,3-5,8-9,14-15H2,1-2H3,(H,28,32)(H2,29,30,31,34). The summed E-state index contributed by atoms with van der Waals surface area (Å²) in [6.07, 6.45) is 6.47. The minimum absolute atomic E-state index is 0.122. The zero-order chi connectivity index (χ0) is 24.5. The summed E-state index contributed by atoms with van der Waals surface area (Å²) in [5, 5.41) is 8.92. The number of carbonyl (C=O) groups is 2. The molecule has 0 saturated heterocycles. The summed E-state index contributed by atoms with van der Waals surface area (Å²) in [4.78, 5) is 25.6. The predicted molar refractivity (Wildman–Crippen MR) is 144 cm³/mol. The lowest BCUT2D eigenvalue weighted by atomic mass is 9.95. The Labute approximate surface area is 215 Å². The molecule has 34 heavy (non-hydrogen) atoms. The molecule has 1 saturated carbocycles. The minimum atomic E-state index is -0.351. The highest BCUT2D eigenvalue weighted by Crippen LogP contribution is 2.26. The number of rotatable bonds is 8. The predicted octanol–water partition coefficient (Wildman–Crippen LogP) is 6.06. The van der Waals surface area contributed by atoms with E-state index in [0.29, 0.717) is 39.6 Å². The Hall–Kier alpha value is -2.45. The first-order chi connectivity index (χ1) is 16.3. The van der Waals surface area contributed by atoms with E-state index in [2.05, 4.69) is 45.7 Å². The molecule has 2 amide bonds. The molecule has 0 aromatic heterocycles. The molecule has 0 bridgehead atoms. The van der Waals surface area contributed by atoms with Crippen LogP contribution in [0.3, 0.4) is 0 Å². The Kier molecular flexibility index (Phi) is 9.89. The Balaban J connectivity index is 1.58. The van der Waals surface area contributed by atoms with E-state index in [4.69, 9.17) is 17.0 Å². The summed E-state index contributed by atoms with van der Waals surface area (Å²) in [5.41, 5.74) is 1.49. The number of nitrogens with one attached hydrogen (secondary N) is 3. The van der Waals surface area contributed by atoms with Gasteiger partial charge in [-0.2, -0.15) is 0 Å². The van der Waals surface area contributed by atoms with Crippen LogP contribution in [0.5, 0.6) is 5.75 Å². The number of amides is 2. The number of hydrogen-bond acceptors (Lipinski definition) is 4. The Morgan fingerprint density at radius 1 is 1.09 bits per heavy atom. The molecule has 0 aliphatic heterocycles. The van der Waals surface area contributed by atoms with Crippen molar-refractivity contribution in [2.24, 2.45) is 5.92 Å². The molecule has 8 heteroatoms. The van der Waals surface area contributed by atoms with Crippen LogP contribution in [0, 0.1) is 5.92 Å². The fraction of sp³-hybridized carbons (Fsp3) is 0.423. The second-order valence-corrected chi connectivity index (χ2v) is 10.2. The van der Waals surface area contributed by atoms with Gasteiger partial charge in [-0.25, -0.2) is 0 Å². The van der Waals surface area contributed by atoms with E-state index >= 15 is 0 Å². The first kappa shape index (κ1) is 26.2. The van der Waals surface area contributed by atoms with Crippen molar-refractivity contribution in [3.63, 3.8) is 0 Å². The first-order valence-electron chi connectivity index (χ1n) is 11.8. The molecule has 3 N–H and O–H groups in total. The fourth-order valence-electron chi connectivity index (χ4n) is 3.79. The van der Waals surface area contributed by atoms with Gasteiger partial charge in [0.25, 0.3) is 11.8 Å². The van der Waals surface area contributed by atoms with Gasteiger partial charge in [0.05, 0.1) is 22.3 Å². The number of thiocarbonyl (C=S) groups is 1. The molecule has 182 valence electrons. The van der Waals surface area contributed by atoms with Gasteiger partial charge in [-0.1, -0.05) is 45.2 Å². The molecule has 0 unspecified atom stereocenters. The third kappa shape index (κ3) is 7.81. The summed E-state index contributed by atoms with van der Waals surface area (Å²) in [6.45, 7) is 4.90. The SMILES string of the molecule is CC(C)CCOc1ccc(C(=O)NC(=S)Nc2ccccc2C(=O)NC2CCCCC2)cc1Br. The highest BCUT2D eigenvalue weighted by molar-refractivity contribution is 9.10. The molecule has 1 fully saturated rings. The zero-order valence-corrected chi connectivity index (χ0v) is 22.1. The van der Waals surface area contributed by atoms with Crippen LogP contribution in [0.1, 0.15) is 73.1 Å². The maximum absolute atomic E-state index is 12.8. The van der Waals surface area contributed by atoms with Crippen molar-refractivity contribution in [3.05, 3.63) is 58.1 Å². The number of hydrogen-bond donors (Lipinski definition) is 3. The molecule has 0 atom stereocenters. The Bertz CT molecular complexity index is 1020. The van der Waals surface area contributed by atoms with Crippen LogP contribution in [0.25, 0.3) is 0 Å². The van der Waals surface area contributed by atoms with Crippen LogP contribution in [-0.2, 0) is 0 Å². The Morgan fingerprint density at radius 2 is 1.82 bits per heavy atom. The molecule has 0 radical (unpaired) electrons. The molecule has 0 heterocycles. The van der Waals surface area contributed by atoms with Crippen LogP contribution in [0.15, 0.2) is 46.9 Å². The van der Waals surface area contributed by atoms with Crippen LogP contribution < -0.4 is 20.7 Å². The van der Waals surface area contributed by atoms with E-state index in [1.807, 2.05) is 12.1 Å². The largest absolute Gasteiger partial charge is 0.492 e. The molecule has 0 spiro atoms. The average molecular weight is 547 g/mol. The number of carbonyl (C=O) groups excluding carboxylic acids is 2. The minimum Gasteiger partial charge on any atom is -0.492 e. The molecule has 3 rings (SSSR count). The van der Waals surface area contributed by atoms with Gasteiger partial charge < -0.3 is 15.4 Å². The number of ether oxygens (including phenoxy) is 1. The second kappa shape index (κ2) is 12.9. The van der Waals surface area contributed by atoms with Crippen molar-refractivity contribution >= 4 is 50.8 Å². The van der Waals surface area contributed by atoms with Crippen molar-refractivity contribution in [2.45, 2.75) is 58.4 Å². The van der Waals surface area contributed by atoms with Crippen molar-refractivity contribution < 1.29 is 14.3 Å². The van der Waals surface area contributed by atoms with Crippen LogP contribution in [0.4, 0.5) is 5.69 Å². The van der Waals surface area contributed by atoms with E-state index in [0.717, 1.165) is 32.1 Å². The Morgan fingerprint density at radius 3 is 2.53 bits per heavy atom. The van der Waals surface area contributed by atoms with Crippen molar-refractivity contribution in [3.8, 4) is 5.75 Å². The van der Waals surface area contributed by atoms with Gasteiger partial charge in [0.15, 0.2) is 5.11 Å². The van der Waals surface area contributed by atoms with Crippen LogP contribution in [-0.4, -0.2) is 29.6 Å². The third-order valence-corrected chi connectivity index (χ3v) is 6.56. The van der Waals surface area contributed by atoms with E-state index in [-0.39, 0.29) is 23.0 Å². The third-order valence-electron chi connectivity index (χ3n) is 5.73. The second-order valence-electron chi connectivity index (χ2n) is 8.94. The van der Waals surface area contributed by atoms with E-state index in [1.165, 1.54) is 6.42 Å². The maximum Gasteiger partial charge on any atom is 0.257 e. The van der Waals surface area contributed by atoms with Crippen LogP contribution >= 0.6 is 28.1 Å². The quantitative estimate of drug-likeness (QED) is 0.351. The van der Waals surface area contributed by atoms with Gasteiger partial charge in [0, 0.05) is 11.6 Å². The maximum atomic E-state index is 12.8. The van der Waals surface area contributed by atoms with Gasteiger partial charge in [0.2, 0.25) is 0 Å². The monoisotopic (exact) mass is 545 g/mol. The first-order valence-corrected chi connectivity index (χ1v) is 13.0. The zero-order valence-electron chi connectivity index (χ0n) is 19.7. The van der Waals surface area contributed by atoms with Gasteiger partial charge in [0.1, 0.15) is 5.75 Å². The van der Waals surface area contributed by atoms with E-state index in [9.17, 15) is 9.59 Å². The molecule has 1 aliphatic rings. The molecule has 6 nitrogen and oxygen atoms in total. The summed E-state index contributed by atoms with van der Waals surface area (Å²) in [5.74, 6) is 0.758. The number of benzene rings is 2. The van der Waals surface area contributed by atoms with E-state index in [1.54, 1.807) is 30.3 Å². The smallest absolute Gasteiger partial charge is 0.257 e. The molecular weight excluding hydrogens is 514 g/mol. The lowest BCUT2D eigenvalue weighted by molar-refractivity contribution is 0.0927. The molecule has 2 aromatic carbocycles. The summed E-state index contributed by atoms with van der Waals surface area (Å²) >= 11 is 8.82. The fourth-order valence-corrected chi connectivity index (χ4v) is 4.49. The highest BCUT2D eigenvalue weighted by atomic mass is 79.9. The van der Waals surface area contributed by atoms with Crippen molar-refractivity contribution in [1.29, 1.82) is 0 Å². The molecule has 1 aliphatic carbocycles. The number of halogens is 1. The van der Waals surface area contributed by atoms with Gasteiger partial charge in [-0.3, -0.25) is 14.9 Å². The number of para-hydroxylation sites is 1. The van der Waals surface area contributed by atoms with Gasteiger partial charge in [-0.15, -0.1) is 0 Å². The summed E-state index contributed by atoms with van der Waals surface area (Å²) in [6, 6.07) is 12.5. The lowest BCUT2D eigenvalue weighted by Crippen LogP contribution is -2.37. The van der Waals surface area contributed by atoms with Crippen LogP contribution in [0.2, 0.25) is 0 Å². The van der Waals surface area contributed by atoms with Crippen molar-refractivity contribution in [2.75, 3.05) is 11.9 Å².